The second-order valence-electron chi connectivity index (χ2n) is 5.43. The van der Waals surface area contributed by atoms with Gasteiger partial charge in [-0.25, -0.2) is 0 Å². The Morgan fingerprint density at radius 2 is 2.24 bits per heavy atom. The summed E-state index contributed by atoms with van der Waals surface area (Å²) in [6.07, 6.45) is 7.90. The minimum Gasteiger partial charge on any atom is -0.389 e. The zero-order chi connectivity index (χ0) is 12.3. The summed E-state index contributed by atoms with van der Waals surface area (Å²) >= 11 is 0. The Morgan fingerprint density at radius 3 is 2.76 bits per heavy atom. The Hall–Kier alpha value is -0.890. The van der Waals surface area contributed by atoms with Crippen molar-refractivity contribution in [2.75, 3.05) is 0 Å². The van der Waals surface area contributed by atoms with E-state index in [4.69, 9.17) is 0 Å². The molecule has 2 heteroatoms. The standard InChI is InChI=1S/C15H23NO/c1-3-12-7-8-15(17,9-12)10-14-6-5-13(4-2)11-16-14/h5-6,11-12,17H,3-4,7-10H2,1-2H3. The second-order valence-corrected chi connectivity index (χ2v) is 5.43. The van der Waals surface area contributed by atoms with Gasteiger partial charge in [0.05, 0.1) is 5.60 Å². The van der Waals surface area contributed by atoms with Crippen LogP contribution in [0.3, 0.4) is 0 Å². The minimum atomic E-state index is -0.499. The number of aromatic nitrogens is 1. The molecule has 1 aromatic heterocycles. The fraction of sp³-hybridized carbons (Fsp3) is 0.667. The molecule has 2 unspecified atom stereocenters. The number of rotatable bonds is 4. The summed E-state index contributed by atoms with van der Waals surface area (Å²) in [6, 6.07) is 4.19. The Morgan fingerprint density at radius 1 is 1.41 bits per heavy atom. The van der Waals surface area contributed by atoms with E-state index >= 15 is 0 Å². The van der Waals surface area contributed by atoms with Crippen LogP contribution in [0.4, 0.5) is 0 Å². The molecule has 17 heavy (non-hydrogen) atoms. The zero-order valence-electron chi connectivity index (χ0n) is 10.9. The largest absolute Gasteiger partial charge is 0.389 e. The van der Waals surface area contributed by atoms with Crippen molar-refractivity contribution in [1.82, 2.24) is 4.98 Å². The Kier molecular flexibility index (Phi) is 3.82. The van der Waals surface area contributed by atoms with Crippen LogP contribution >= 0.6 is 0 Å². The van der Waals surface area contributed by atoms with Gasteiger partial charge in [0.2, 0.25) is 0 Å². The van der Waals surface area contributed by atoms with Crippen molar-refractivity contribution < 1.29 is 5.11 Å². The summed E-state index contributed by atoms with van der Waals surface area (Å²) in [6.45, 7) is 4.34. The molecule has 0 bridgehead atoms. The van der Waals surface area contributed by atoms with Crippen molar-refractivity contribution in [3.63, 3.8) is 0 Å². The van der Waals surface area contributed by atoms with E-state index in [1.54, 1.807) is 0 Å². The lowest BCUT2D eigenvalue weighted by Gasteiger charge is -2.22. The Balaban J connectivity index is 2.00. The molecule has 94 valence electrons. The third-order valence-corrected chi connectivity index (χ3v) is 4.07. The van der Waals surface area contributed by atoms with E-state index in [-0.39, 0.29) is 0 Å². The third kappa shape index (κ3) is 3.06. The molecule has 1 aliphatic carbocycles. The lowest BCUT2D eigenvalue weighted by molar-refractivity contribution is 0.0427. The van der Waals surface area contributed by atoms with Gasteiger partial charge in [-0.15, -0.1) is 0 Å². The molecule has 1 aromatic rings. The van der Waals surface area contributed by atoms with E-state index < -0.39 is 5.60 Å². The maximum Gasteiger partial charge on any atom is 0.0705 e. The van der Waals surface area contributed by atoms with Crippen LogP contribution in [0.15, 0.2) is 18.3 Å². The quantitative estimate of drug-likeness (QED) is 0.866. The highest BCUT2D eigenvalue weighted by atomic mass is 16.3. The number of nitrogens with zero attached hydrogens (tertiary/aromatic N) is 1. The van der Waals surface area contributed by atoms with E-state index in [9.17, 15) is 5.11 Å². The van der Waals surface area contributed by atoms with Gasteiger partial charge in [0.15, 0.2) is 0 Å². The maximum atomic E-state index is 10.5. The van der Waals surface area contributed by atoms with Gasteiger partial charge in [0.25, 0.3) is 0 Å². The van der Waals surface area contributed by atoms with Crippen LogP contribution < -0.4 is 0 Å². The predicted octanol–water partition coefficient (Wildman–Crippen LogP) is 3.13. The summed E-state index contributed by atoms with van der Waals surface area (Å²) < 4.78 is 0. The molecule has 1 N–H and O–H groups in total. The van der Waals surface area contributed by atoms with Gasteiger partial charge in [0, 0.05) is 18.3 Å². The fourth-order valence-corrected chi connectivity index (χ4v) is 2.83. The summed E-state index contributed by atoms with van der Waals surface area (Å²) in [5, 5.41) is 10.5. The summed E-state index contributed by atoms with van der Waals surface area (Å²) in [4.78, 5) is 4.45. The van der Waals surface area contributed by atoms with Gasteiger partial charge in [0.1, 0.15) is 0 Å². The van der Waals surface area contributed by atoms with E-state index in [0.717, 1.165) is 25.0 Å². The van der Waals surface area contributed by atoms with Gasteiger partial charge >= 0.3 is 0 Å². The van der Waals surface area contributed by atoms with Crippen LogP contribution in [-0.4, -0.2) is 15.7 Å². The molecule has 0 amide bonds. The van der Waals surface area contributed by atoms with Crippen LogP contribution in [0.2, 0.25) is 0 Å². The molecule has 0 aromatic carbocycles. The van der Waals surface area contributed by atoms with E-state index in [1.807, 2.05) is 6.20 Å². The van der Waals surface area contributed by atoms with Crippen LogP contribution in [0.1, 0.15) is 50.8 Å². The average molecular weight is 233 g/mol. The molecule has 0 saturated heterocycles. The number of hydrogen-bond acceptors (Lipinski definition) is 2. The first-order valence-corrected chi connectivity index (χ1v) is 6.81. The monoisotopic (exact) mass is 233 g/mol. The molecule has 1 fully saturated rings. The number of aliphatic hydroxyl groups is 1. The fourth-order valence-electron chi connectivity index (χ4n) is 2.83. The normalized spacial score (nSPS) is 28.5. The first-order valence-electron chi connectivity index (χ1n) is 6.81. The molecular formula is C15H23NO. The lowest BCUT2D eigenvalue weighted by Crippen LogP contribution is -2.28. The van der Waals surface area contributed by atoms with Gasteiger partial charge < -0.3 is 5.11 Å². The van der Waals surface area contributed by atoms with Gasteiger partial charge in [-0.2, -0.15) is 0 Å². The van der Waals surface area contributed by atoms with Crippen molar-refractivity contribution >= 4 is 0 Å². The van der Waals surface area contributed by atoms with E-state index in [0.29, 0.717) is 12.3 Å². The molecular weight excluding hydrogens is 210 g/mol. The lowest BCUT2D eigenvalue weighted by atomic mass is 9.93. The zero-order valence-corrected chi connectivity index (χ0v) is 10.9. The molecule has 0 aliphatic heterocycles. The number of hydrogen-bond donors (Lipinski definition) is 1. The highest BCUT2D eigenvalue weighted by Gasteiger charge is 2.36. The Bertz CT molecular complexity index is 360. The first-order chi connectivity index (χ1) is 8.15. The molecule has 2 rings (SSSR count). The van der Waals surface area contributed by atoms with Crippen molar-refractivity contribution in [3.8, 4) is 0 Å². The van der Waals surface area contributed by atoms with Crippen LogP contribution in [0.25, 0.3) is 0 Å². The van der Waals surface area contributed by atoms with Crippen LogP contribution in [0, 0.1) is 5.92 Å². The van der Waals surface area contributed by atoms with Crippen LogP contribution in [0.5, 0.6) is 0 Å². The van der Waals surface area contributed by atoms with E-state index in [2.05, 4.69) is 31.0 Å². The number of pyridine rings is 1. The van der Waals surface area contributed by atoms with Crippen molar-refractivity contribution in [2.45, 2.75) is 58.0 Å². The summed E-state index contributed by atoms with van der Waals surface area (Å²) in [5.41, 5.74) is 1.79. The minimum absolute atomic E-state index is 0.499. The van der Waals surface area contributed by atoms with Crippen molar-refractivity contribution in [3.05, 3.63) is 29.6 Å². The maximum absolute atomic E-state index is 10.5. The third-order valence-electron chi connectivity index (χ3n) is 4.07. The smallest absolute Gasteiger partial charge is 0.0705 e. The molecule has 2 atom stereocenters. The summed E-state index contributed by atoms with van der Waals surface area (Å²) in [7, 11) is 0. The second kappa shape index (κ2) is 5.18. The van der Waals surface area contributed by atoms with Crippen molar-refractivity contribution in [1.29, 1.82) is 0 Å². The van der Waals surface area contributed by atoms with Crippen molar-refractivity contribution in [2.24, 2.45) is 5.92 Å². The molecule has 1 aliphatic rings. The Labute approximate surface area is 104 Å². The average Bonchev–Trinajstić information content (AvgIpc) is 2.72. The summed E-state index contributed by atoms with van der Waals surface area (Å²) in [5.74, 6) is 0.704. The molecule has 2 nitrogen and oxygen atoms in total. The van der Waals surface area contributed by atoms with Crippen LogP contribution in [-0.2, 0) is 12.8 Å². The highest BCUT2D eigenvalue weighted by Crippen LogP contribution is 2.38. The molecule has 0 radical (unpaired) electrons. The van der Waals surface area contributed by atoms with Gasteiger partial charge in [-0.3, -0.25) is 4.98 Å². The van der Waals surface area contributed by atoms with Gasteiger partial charge in [-0.1, -0.05) is 26.3 Å². The SMILES string of the molecule is CCc1ccc(CC2(O)CCC(CC)C2)nc1. The van der Waals surface area contributed by atoms with E-state index in [1.165, 1.54) is 18.4 Å². The first kappa shape index (κ1) is 12.6. The molecule has 1 heterocycles. The highest BCUT2D eigenvalue weighted by molar-refractivity contribution is 5.15. The van der Waals surface area contributed by atoms with Gasteiger partial charge in [-0.05, 0) is 43.2 Å². The topological polar surface area (TPSA) is 33.1 Å². The molecule has 1 saturated carbocycles. The predicted molar refractivity (Wildman–Crippen MR) is 69.9 cm³/mol. The number of aryl methyl sites for hydroxylation is 1. The molecule has 0 spiro atoms.